The Morgan fingerprint density at radius 3 is 2.64 bits per heavy atom. The van der Waals surface area contributed by atoms with Crippen molar-refractivity contribution >= 4 is 16.5 Å². The lowest BCUT2D eigenvalue weighted by molar-refractivity contribution is 0.265. The van der Waals surface area contributed by atoms with Gasteiger partial charge >= 0.3 is 0 Å². The number of nitrogens with zero attached hydrogens (tertiary/aromatic N) is 3. The van der Waals surface area contributed by atoms with Gasteiger partial charge in [0.15, 0.2) is 0 Å². The maximum Gasteiger partial charge on any atom is 0.272 e. The van der Waals surface area contributed by atoms with Crippen molar-refractivity contribution in [3.05, 3.63) is 99.5 Å². The summed E-state index contributed by atoms with van der Waals surface area (Å²) in [4.78, 5) is 18.9. The zero-order chi connectivity index (χ0) is 23.1. The highest BCUT2D eigenvalue weighted by atomic mass is 19.1. The summed E-state index contributed by atoms with van der Waals surface area (Å²) in [6, 6.07) is 15.3. The minimum atomic E-state index is -0.460. The predicted octanol–water partition coefficient (Wildman–Crippen LogP) is 4.60. The van der Waals surface area contributed by atoms with E-state index >= 15 is 0 Å². The summed E-state index contributed by atoms with van der Waals surface area (Å²) in [6.07, 6.45) is 3.50. The van der Waals surface area contributed by atoms with Gasteiger partial charge < -0.3 is 5.32 Å². The summed E-state index contributed by atoms with van der Waals surface area (Å²) in [5.41, 5.74) is 4.19. The topological polar surface area (TPSA) is 73.9 Å². The third kappa shape index (κ3) is 3.89. The molecule has 0 spiro atoms. The van der Waals surface area contributed by atoms with Crippen LogP contribution in [0.5, 0.6) is 0 Å². The molecule has 1 aliphatic rings. The van der Waals surface area contributed by atoms with Crippen LogP contribution in [0.4, 0.5) is 10.1 Å². The Kier molecular flexibility index (Phi) is 5.42. The van der Waals surface area contributed by atoms with Gasteiger partial charge in [-0.05, 0) is 61.9 Å². The second-order valence-electron chi connectivity index (χ2n) is 8.95. The molecule has 0 amide bonds. The fourth-order valence-corrected chi connectivity index (χ4v) is 4.59. The average Bonchev–Trinajstić information content (AvgIpc) is 2.81. The number of aromatic amines is 1. The highest BCUT2D eigenvalue weighted by molar-refractivity contribution is 5.97. The van der Waals surface area contributed by atoms with Crippen molar-refractivity contribution in [1.29, 1.82) is 0 Å². The van der Waals surface area contributed by atoms with Crippen LogP contribution in [0.3, 0.4) is 0 Å². The number of aromatic nitrogens is 3. The van der Waals surface area contributed by atoms with Crippen molar-refractivity contribution in [3.63, 3.8) is 0 Å². The Morgan fingerprint density at radius 1 is 1.09 bits per heavy atom. The van der Waals surface area contributed by atoms with Crippen LogP contribution in [0.2, 0.25) is 0 Å². The van der Waals surface area contributed by atoms with E-state index in [0.29, 0.717) is 22.5 Å². The van der Waals surface area contributed by atoms with Crippen LogP contribution in [-0.4, -0.2) is 33.2 Å². The quantitative estimate of drug-likeness (QED) is 0.472. The SMILES string of the molecule is CC(C)N(C)Cc1cccc([C@H]2c3n[nH]c(=O)c4cc(F)cc(c34)N[C@@H]2c2ccncc2)c1. The Balaban J connectivity index is 1.71. The second kappa shape index (κ2) is 8.41. The van der Waals surface area contributed by atoms with E-state index < -0.39 is 11.4 Å². The van der Waals surface area contributed by atoms with Gasteiger partial charge in [0, 0.05) is 36.1 Å². The fourth-order valence-electron chi connectivity index (χ4n) is 4.59. The smallest absolute Gasteiger partial charge is 0.272 e. The highest BCUT2D eigenvalue weighted by Crippen LogP contribution is 2.46. The molecule has 4 aromatic rings. The van der Waals surface area contributed by atoms with Crippen LogP contribution in [0, 0.1) is 5.82 Å². The van der Waals surface area contributed by atoms with Crippen LogP contribution >= 0.6 is 0 Å². The first-order valence-electron chi connectivity index (χ1n) is 11.1. The lowest BCUT2D eigenvalue weighted by atomic mass is 9.80. The van der Waals surface area contributed by atoms with Crippen molar-refractivity contribution in [2.45, 2.75) is 38.4 Å². The first-order valence-corrected chi connectivity index (χ1v) is 11.1. The number of rotatable bonds is 5. The molecule has 33 heavy (non-hydrogen) atoms. The van der Waals surface area contributed by atoms with Gasteiger partial charge in [-0.2, -0.15) is 5.10 Å². The predicted molar refractivity (Wildman–Crippen MR) is 128 cm³/mol. The Hall–Kier alpha value is -3.58. The molecule has 168 valence electrons. The number of anilines is 1. The molecule has 0 bridgehead atoms. The molecule has 2 aromatic heterocycles. The Labute approximate surface area is 191 Å². The van der Waals surface area contributed by atoms with E-state index in [1.165, 1.54) is 17.7 Å². The molecular weight excluding hydrogens is 417 g/mol. The van der Waals surface area contributed by atoms with Crippen molar-refractivity contribution in [2.24, 2.45) is 0 Å². The molecular formula is C26H26FN5O. The van der Waals surface area contributed by atoms with Gasteiger partial charge in [0.2, 0.25) is 0 Å². The molecule has 0 fully saturated rings. The van der Waals surface area contributed by atoms with Crippen LogP contribution in [-0.2, 0) is 6.54 Å². The molecule has 2 aromatic carbocycles. The number of hydrogen-bond acceptors (Lipinski definition) is 5. The molecule has 5 rings (SSSR count). The largest absolute Gasteiger partial charge is 0.377 e. The van der Waals surface area contributed by atoms with Crippen LogP contribution in [0.25, 0.3) is 10.8 Å². The third-order valence-electron chi connectivity index (χ3n) is 6.51. The maximum atomic E-state index is 14.4. The molecule has 6 nitrogen and oxygen atoms in total. The van der Waals surface area contributed by atoms with E-state index in [4.69, 9.17) is 0 Å². The van der Waals surface area contributed by atoms with Crippen LogP contribution < -0.4 is 10.9 Å². The van der Waals surface area contributed by atoms with Gasteiger partial charge in [-0.3, -0.25) is 14.7 Å². The maximum absolute atomic E-state index is 14.4. The van der Waals surface area contributed by atoms with Crippen molar-refractivity contribution in [3.8, 4) is 0 Å². The lowest BCUT2D eigenvalue weighted by Crippen LogP contribution is -2.28. The molecule has 2 atom stereocenters. The minimum Gasteiger partial charge on any atom is -0.377 e. The lowest BCUT2D eigenvalue weighted by Gasteiger charge is -2.35. The second-order valence-corrected chi connectivity index (χ2v) is 8.95. The highest BCUT2D eigenvalue weighted by Gasteiger charge is 2.35. The third-order valence-corrected chi connectivity index (χ3v) is 6.51. The van der Waals surface area contributed by atoms with E-state index in [-0.39, 0.29) is 12.0 Å². The summed E-state index contributed by atoms with van der Waals surface area (Å²) >= 11 is 0. The summed E-state index contributed by atoms with van der Waals surface area (Å²) < 4.78 is 14.4. The summed E-state index contributed by atoms with van der Waals surface area (Å²) in [6.45, 7) is 5.17. The normalized spacial score (nSPS) is 17.5. The average molecular weight is 444 g/mol. The molecule has 0 saturated carbocycles. The molecule has 2 N–H and O–H groups in total. The van der Waals surface area contributed by atoms with Crippen molar-refractivity contribution < 1.29 is 4.39 Å². The van der Waals surface area contributed by atoms with E-state index in [0.717, 1.165) is 23.4 Å². The molecule has 0 radical (unpaired) electrons. The van der Waals surface area contributed by atoms with E-state index in [9.17, 15) is 9.18 Å². The monoisotopic (exact) mass is 443 g/mol. The van der Waals surface area contributed by atoms with E-state index in [1.54, 1.807) is 12.4 Å². The number of hydrogen-bond donors (Lipinski definition) is 2. The number of nitrogens with one attached hydrogen (secondary N) is 2. The number of pyridine rings is 1. The van der Waals surface area contributed by atoms with Gasteiger partial charge in [-0.1, -0.05) is 24.3 Å². The van der Waals surface area contributed by atoms with Gasteiger partial charge in [0.25, 0.3) is 5.56 Å². The standard InChI is InChI=1S/C26H26FN5O/c1-15(2)32(3)14-16-5-4-6-18(11-16)22-24(17-7-9-28-10-8-17)29-21-13-19(27)12-20-23(21)25(22)30-31-26(20)33/h4-13,15,22,24,29H,14H2,1-3H3,(H,31,33)/t22-,24-/m1/s1. The first kappa shape index (κ1) is 21.3. The Bertz CT molecular complexity index is 1370. The Morgan fingerprint density at radius 2 is 1.88 bits per heavy atom. The van der Waals surface area contributed by atoms with Crippen molar-refractivity contribution in [1.82, 2.24) is 20.1 Å². The molecule has 1 aliphatic heterocycles. The van der Waals surface area contributed by atoms with Gasteiger partial charge in [0.1, 0.15) is 5.82 Å². The number of H-pyrrole nitrogens is 1. The molecule has 0 aliphatic carbocycles. The molecule has 3 heterocycles. The zero-order valence-corrected chi connectivity index (χ0v) is 18.8. The van der Waals surface area contributed by atoms with Crippen LogP contribution in [0.1, 0.15) is 48.2 Å². The summed E-state index contributed by atoms with van der Waals surface area (Å²) in [7, 11) is 2.11. The van der Waals surface area contributed by atoms with Crippen molar-refractivity contribution in [2.75, 3.05) is 12.4 Å². The van der Waals surface area contributed by atoms with Gasteiger partial charge in [-0.25, -0.2) is 9.49 Å². The van der Waals surface area contributed by atoms with E-state index in [2.05, 4.69) is 70.6 Å². The molecule has 7 heteroatoms. The minimum absolute atomic E-state index is 0.186. The van der Waals surface area contributed by atoms with E-state index in [1.807, 2.05) is 12.1 Å². The number of benzene rings is 2. The van der Waals surface area contributed by atoms with Gasteiger partial charge in [0.05, 0.1) is 23.0 Å². The number of halogens is 1. The van der Waals surface area contributed by atoms with Gasteiger partial charge in [-0.15, -0.1) is 0 Å². The molecule has 0 saturated heterocycles. The summed E-state index contributed by atoms with van der Waals surface area (Å²) in [5.74, 6) is -0.646. The molecule has 0 unspecified atom stereocenters. The summed E-state index contributed by atoms with van der Waals surface area (Å²) in [5, 5.41) is 11.6. The zero-order valence-electron chi connectivity index (χ0n) is 18.8. The van der Waals surface area contributed by atoms with Crippen LogP contribution in [0.15, 0.2) is 65.7 Å². The first-order chi connectivity index (χ1) is 15.9. The fraction of sp³-hybridized carbons (Fsp3) is 0.269.